The molecule has 1 aliphatic rings. The van der Waals surface area contributed by atoms with Gasteiger partial charge in [-0.2, -0.15) is 9.47 Å². The maximum Gasteiger partial charge on any atom is 0.270 e. The van der Waals surface area contributed by atoms with Crippen LogP contribution >= 0.6 is 11.5 Å². The number of aromatic nitrogens is 4. The molecule has 202 valence electrons. The molecule has 0 saturated heterocycles. The number of ketones is 1. The fourth-order valence-electron chi connectivity index (χ4n) is 5.35. The Labute approximate surface area is 232 Å². The van der Waals surface area contributed by atoms with Crippen molar-refractivity contribution in [3.63, 3.8) is 0 Å². The Morgan fingerprint density at radius 2 is 1.95 bits per heavy atom. The summed E-state index contributed by atoms with van der Waals surface area (Å²) < 4.78 is 21.1. The smallest absolute Gasteiger partial charge is 0.270 e. The Morgan fingerprint density at radius 3 is 2.75 bits per heavy atom. The molecule has 11 heteroatoms. The molecule has 0 radical (unpaired) electrons. The molecular weight excluding hydrogens is 531 g/mol. The van der Waals surface area contributed by atoms with E-state index in [1.54, 1.807) is 6.07 Å². The molecule has 0 unspecified atom stereocenters. The maximum absolute atomic E-state index is 14.5. The molecule has 0 aliphatic heterocycles. The van der Waals surface area contributed by atoms with Gasteiger partial charge in [-0.1, -0.05) is 18.2 Å². The monoisotopic (exact) mass is 556 g/mol. The van der Waals surface area contributed by atoms with Crippen LogP contribution in [0.25, 0.3) is 15.7 Å². The van der Waals surface area contributed by atoms with Gasteiger partial charge in [-0.3, -0.25) is 14.4 Å². The minimum absolute atomic E-state index is 0.00221. The second-order valence-electron chi connectivity index (χ2n) is 9.96. The highest BCUT2D eigenvalue weighted by atomic mass is 32.1. The average Bonchev–Trinajstić information content (AvgIpc) is 3.64. The van der Waals surface area contributed by atoms with Crippen molar-refractivity contribution < 1.29 is 18.8 Å². The van der Waals surface area contributed by atoms with Crippen LogP contribution in [0.4, 0.5) is 4.39 Å². The molecule has 2 amide bonds. The van der Waals surface area contributed by atoms with E-state index in [0.29, 0.717) is 12.0 Å². The molecule has 0 saturated carbocycles. The zero-order chi connectivity index (χ0) is 28.1. The molecule has 3 heterocycles. The number of nitrogens with zero attached hydrogens (tertiary/aromatic N) is 4. The molecule has 9 nitrogen and oxygen atoms in total. The van der Waals surface area contributed by atoms with Crippen molar-refractivity contribution in [3.05, 3.63) is 93.3 Å². The summed E-state index contributed by atoms with van der Waals surface area (Å²) in [4.78, 5) is 42.7. The van der Waals surface area contributed by atoms with Crippen molar-refractivity contribution in [2.75, 3.05) is 0 Å². The molecule has 5 aromatic rings. The molecule has 6 rings (SSSR count). The number of fused-ring (bicyclic) bond motifs is 3. The van der Waals surface area contributed by atoms with Gasteiger partial charge in [0.2, 0.25) is 0 Å². The number of Topliss-reactive ketones (excluding diaryl/α,β-unsaturated/α-hetero) is 1. The Bertz CT molecular complexity index is 1860. The second kappa shape index (κ2) is 9.91. The van der Waals surface area contributed by atoms with Gasteiger partial charge in [0.05, 0.1) is 22.6 Å². The average molecular weight is 557 g/mol. The highest BCUT2D eigenvalue weighted by Crippen LogP contribution is 2.35. The standard InChI is InChI=1S/C29H25FN6O3S/c1-14-18(16(3)37)5-6-20-19(14)7-8-23(20)34-29(39)25-11-24(33-27-22(30)13-32-36(25)27)28(38)31-12-17-4-9-26-21(10-17)15(2)35-40-26/h4-6,9-11,13,23H,7-8,12H2,1-3H3,(H,31,38)(H,34,39)/t23-/m0/s1. The van der Waals surface area contributed by atoms with Gasteiger partial charge in [0.15, 0.2) is 17.2 Å². The van der Waals surface area contributed by atoms with Gasteiger partial charge in [-0.05, 0) is 79.5 Å². The van der Waals surface area contributed by atoms with E-state index in [-0.39, 0.29) is 35.4 Å². The number of aryl methyl sites for hydroxylation is 1. The van der Waals surface area contributed by atoms with Gasteiger partial charge in [0, 0.05) is 23.6 Å². The fourth-order valence-corrected chi connectivity index (χ4v) is 6.11. The van der Waals surface area contributed by atoms with E-state index in [1.165, 1.54) is 24.5 Å². The first-order chi connectivity index (χ1) is 19.2. The number of halogens is 1. The van der Waals surface area contributed by atoms with Crippen LogP contribution < -0.4 is 10.6 Å². The van der Waals surface area contributed by atoms with E-state index in [2.05, 4.69) is 25.1 Å². The van der Waals surface area contributed by atoms with E-state index in [1.807, 2.05) is 38.1 Å². The lowest BCUT2D eigenvalue weighted by Crippen LogP contribution is -2.30. The number of amides is 2. The van der Waals surface area contributed by atoms with Crippen molar-refractivity contribution in [2.45, 2.75) is 46.2 Å². The summed E-state index contributed by atoms with van der Waals surface area (Å²) in [7, 11) is 0. The molecule has 1 atom stereocenters. The van der Waals surface area contributed by atoms with Gasteiger partial charge in [0.25, 0.3) is 11.8 Å². The van der Waals surface area contributed by atoms with Crippen LogP contribution in [0.1, 0.15) is 78.7 Å². The van der Waals surface area contributed by atoms with Crippen molar-refractivity contribution >= 4 is 44.9 Å². The van der Waals surface area contributed by atoms with Crippen LogP contribution in [0.15, 0.2) is 42.6 Å². The Morgan fingerprint density at radius 1 is 1.12 bits per heavy atom. The van der Waals surface area contributed by atoms with Gasteiger partial charge < -0.3 is 10.6 Å². The Balaban J connectivity index is 1.25. The van der Waals surface area contributed by atoms with E-state index >= 15 is 0 Å². The number of benzene rings is 2. The van der Waals surface area contributed by atoms with E-state index in [9.17, 15) is 18.8 Å². The predicted octanol–water partition coefficient (Wildman–Crippen LogP) is 4.64. The number of carbonyl (C=O) groups is 3. The van der Waals surface area contributed by atoms with Crippen LogP contribution in [0.5, 0.6) is 0 Å². The van der Waals surface area contributed by atoms with Crippen LogP contribution in [-0.2, 0) is 13.0 Å². The molecule has 3 aromatic heterocycles. The third-order valence-electron chi connectivity index (χ3n) is 7.44. The first kappa shape index (κ1) is 25.8. The summed E-state index contributed by atoms with van der Waals surface area (Å²) >= 11 is 1.42. The predicted molar refractivity (Wildman–Crippen MR) is 148 cm³/mol. The fraction of sp³-hybridized carbons (Fsp3) is 0.241. The van der Waals surface area contributed by atoms with Crippen LogP contribution in [0.2, 0.25) is 0 Å². The van der Waals surface area contributed by atoms with Crippen LogP contribution in [0.3, 0.4) is 0 Å². The summed E-state index contributed by atoms with van der Waals surface area (Å²) in [6, 6.07) is 10.5. The lowest BCUT2D eigenvalue weighted by atomic mass is 9.96. The number of rotatable bonds is 6. The van der Waals surface area contributed by atoms with Crippen molar-refractivity contribution in [1.82, 2.24) is 29.6 Å². The minimum Gasteiger partial charge on any atom is -0.347 e. The zero-order valence-corrected chi connectivity index (χ0v) is 22.9. The number of nitrogens with one attached hydrogen (secondary N) is 2. The summed E-state index contributed by atoms with van der Waals surface area (Å²) in [5.41, 5.74) is 5.07. The second-order valence-corrected chi connectivity index (χ2v) is 10.8. The van der Waals surface area contributed by atoms with Crippen molar-refractivity contribution in [3.8, 4) is 0 Å². The van der Waals surface area contributed by atoms with Crippen molar-refractivity contribution in [2.24, 2.45) is 0 Å². The number of hydrogen-bond donors (Lipinski definition) is 2. The van der Waals surface area contributed by atoms with Crippen LogP contribution in [0, 0.1) is 19.7 Å². The van der Waals surface area contributed by atoms with Crippen LogP contribution in [-0.4, -0.2) is 36.6 Å². The highest BCUT2D eigenvalue weighted by molar-refractivity contribution is 7.13. The highest BCUT2D eigenvalue weighted by Gasteiger charge is 2.29. The quantitative estimate of drug-likeness (QED) is 0.294. The summed E-state index contributed by atoms with van der Waals surface area (Å²) in [5, 5.41) is 10.8. The third-order valence-corrected chi connectivity index (χ3v) is 8.36. The summed E-state index contributed by atoms with van der Waals surface area (Å²) in [6.07, 6.45) is 2.34. The molecular formula is C29H25FN6O3S. The summed E-state index contributed by atoms with van der Waals surface area (Å²) in [5.74, 6) is -1.80. The molecule has 2 N–H and O–H groups in total. The Kier molecular flexibility index (Phi) is 6.38. The van der Waals surface area contributed by atoms with Gasteiger partial charge in [-0.15, -0.1) is 0 Å². The molecule has 1 aliphatic carbocycles. The molecule has 2 aromatic carbocycles. The van der Waals surface area contributed by atoms with Gasteiger partial charge >= 0.3 is 0 Å². The first-order valence-electron chi connectivity index (χ1n) is 12.8. The molecule has 0 bridgehead atoms. The third kappa shape index (κ3) is 4.41. The topological polar surface area (TPSA) is 118 Å². The molecule has 0 fully saturated rings. The first-order valence-corrected chi connectivity index (χ1v) is 13.6. The minimum atomic E-state index is -0.742. The lowest BCUT2D eigenvalue weighted by Gasteiger charge is -2.16. The van der Waals surface area contributed by atoms with E-state index in [0.717, 1.165) is 55.2 Å². The van der Waals surface area contributed by atoms with E-state index in [4.69, 9.17) is 0 Å². The van der Waals surface area contributed by atoms with E-state index < -0.39 is 17.6 Å². The maximum atomic E-state index is 14.5. The van der Waals surface area contributed by atoms with Gasteiger partial charge in [-0.25, -0.2) is 13.9 Å². The lowest BCUT2D eigenvalue weighted by molar-refractivity contribution is 0.0927. The summed E-state index contributed by atoms with van der Waals surface area (Å²) in [6.45, 7) is 5.61. The zero-order valence-electron chi connectivity index (χ0n) is 22.0. The Hall–Kier alpha value is -4.51. The van der Waals surface area contributed by atoms with Gasteiger partial charge in [0.1, 0.15) is 11.4 Å². The number of carbonyl (C=O) groups excluding carboxylic acids is 3. The molecule has 40 heavy (non-hydrogen) atoms. The number of hydrogen-bond acceptors (Lipinski definition) is 7. The normalized spacial score (nSPS) is 14.4. The SMILES string of the molecule is CC(=O)c1ccc2c(c1C)CC[C@@H]2NC(=O)c1cc(C(=O)NCc2ccc3snc(C)c3c2)nc2c(F)cnn12. The largest absolute Gasteiger partial charge is 0.347 e. The molecule has 0 spiro atoms. The van der Waals surface area contributed by atoms with Crippen molar-refractivity contribution in [1.29, 1.82) is 0 Å².